The third-order valence-corrected chi connectivity index (χ3v) is 3.52. The van der Waals surface area contributed by atoms with Crippen LogP contribution < -0.4 is 10.4 Å². The predicted molar refractivity (Wildman–Crippen MR) is 83.2 cm³/mol. The molecule has 0 bridgehead atoms. The zero-order valence-electron chi connectivity index (χ0n) is 12.6. The van der Waals surface area contributed by atoms with Crippen LogP contribution in [0.5, 0.6) is 5.75 Å². The first-order chi connectivity index (χ1) is 11.5. The molecule has 0 spiro atoms. The Morgan fingerprint density at radius 1 is 1.12 bits per heavy atom. The van der Waals surface area contributed by atoms with Crippen molar-refractivity contribution in [2.45, 2.75) is 13.3 Å². The number of aryl methyl sites for hydroxylation is 1. The molecule has 3 aromatic rings. The fourth-order valence-electron chi connectivity index (χ4n) is 2.25. The van der Waals surface area contributed by atoms with Gasteiger partial charge in [0.15, 0.2) is 11.6 Å². The van der Waals surface area contributed by atoms with Crippen molar-refractivity contribution in [2.24, 2.45) is 0 Å². The molecule has 1 heterocycles. The molecular formula is C18H12F2O4. The monoisotopic (exact) mass is 330 g/mol. The molecule has 0 fully saturated rings. The van der Waals surface area contributed by atoms with E-state index in [0.29, 0.717) is 11.0 Å². The van der Waals surface area contributed by atoms with Gasteiger partial charge in [-0.3, -0.25) is 0 Å². The molecule has 0 aliphatic heterocycles. The number of carbonyl (C=O) groups is 1. The Bertz CT molecular complexity index is 992. The van der Waals surface area contributed by atoms with E-state index in [1.54, 1.807) is 12.1 Å². The van der Waals surface area contributed by atoms with Crippen molar-refractivity contribution in [1.29, 1.82) is 0 Å². The van der Waals surface area contributed by atoms with Crippen LogP contribution in [0.2, 0.25) is 0 Å². The summed E-state index contributed by atoms with van der Waals surface area (Å²) in [6.07, 6.45) is 0.767. The Hall–Kier alpha value is -3.02. The Balaban J connectivity index is 2.01. The van der Waals surface area contributed by atoms with Crippen LogP contribution in [0.15, 0.2) is 51.7 Å². The van der Waals surface area contributed by atoms with E-state index in [1.165, 1.54) is 6.07 Å². The van der Waals surface area contributed by atoms with Gasteiger partial charge in [-0.25, -0.2) is 18.4 Å². The summed E-state index contributed by atoms with van der Waals surface area (Å²) in [7, 11) is 0. The van der Waals surface area contributed by atoms with Crippen molar-refractivity contribution in [3.8, 4) is 5.75 Å². The number of carbonyl (C=O) groups excluding carboxylic acids is 1. The third-order valence-electron chi connectivity index (χ3n) is 3.52. The van der Waals surface area contributed by atoms with Crippen LogP contribution in [0.1, 0.15) is 22.8 Å². The van der Waals surface area contributed by atoms with E-state index in [2.05, 4.69) is 0 Å². The van der Waals surface area contributed by atoms with Crippen molar-refractivity contribution in [2.75, 3.05) is 0 Å². The first kappa shape index (κ1) is 15.9. The van der Waals surface area contributed by atoms with Crippen LogP contribution in [0.25, 0.3) is 11.0 Å². The van der Waals surface area contributed by atoms with Crippen molar-refractivity contribution in [3.05, 3.63) is 75.6 Å². The van der Waals surface area contributed by atoms with Gasteiger partial charge in [0.2, 0.25) is 0 Å². The highest BCUT2D eigenvalue weighted by Crippen LogP contribution is 2.20. The van der Waals surface area contributed by atoms with Gasteiger partial charge in [-0.15, -0.1) is 0 Å². The minimum atomic E-state index is -1.11. The molecule has 1 aromatic heterocycles. The first-order valence-corrected chi connectivity index (χ1v) is 7.22. The van der Waals surface area contributed by atoms with E-state index < -0.39 is 29.0 Å². The number of fused-ring (bicyclic) bond motifs is 1. The standard InChI is InChI=1S/C18H12F2O4/c1-2-10-3-6-15-11(7-10)8-13(17(21)23-15)18(22)24-16-9-12(19)4-5-14(16)20/h3-9H,2H2,1H3. The molecule has 3 rings (SSSR count). The third kappa shape index (κ3) is 3.03. The van der Waals surface area contributed by atoms with E-state index >= 15 is 0 Å². The Kier molecular flexibility index (Phi) is 4.12. The summed E-state index contributed by atoms with van der Waals surface area (Å²) in [5, 5.41) is 0.542. The maximum atomic E-state index is 13.6. The zero-order valence-corrected chi connectivity index (χ0v) is 12.6. The molecule has 0 atom stereocenters. The minimum absolute atomic E-state index is 0.325. The van der Waals surface area contributed by atoms with Gasteiger partial charge in [-0.1, -0.05) is 13.0 Å². The lowest BCUT2D eigenvalue weighted by Gasteiger charge is -2.06. The lowest BCUT2D eigenvalue weighted by atomic mass is 10.1. The van der Waals surface area contributed by atoms with Crippen molar-refractivity contribution >= 4 is 16.9 Å². The topological polar surface area (TPSA) is 56.5 Å². The normalized spacial score (nSPS) is 10.8. The number of halogens is 2. The molecule has 0 saturated heterocycles. The molecule has 4 nitrogen and oxygen atoms in total. The summed E-state index contributed by atoms with van der Waals surface area (Å²) >= 11 is 0. The predicted octanol–water partition coefficient (Wildman–Crippen LogP) is 3.85. The highest BCUT2D eigenvalue weighted by atomic mass is 19.1. The summed E-state index contributed by atoms with van der Waals surface area (Å²) in [5.41, 5.74) is 0.0190. The van der Waals surface area contributed by atoms with Crippen molar-refractivity contribution < 1.29 is 22.7 Å². The molecule has 6 heteroatoms. The second-order valence-electron chi connectivity index (χ2n) is 5.14. The number of hydrogen-bond acceptors (Lipinski definition) is 4. The summed E-state index contributed by atoms with van der Waals surface area (Å²) in [4.78, 5) is 24.1. The molecular weight excluding hydrogens is 318 g/mol. The van der Waals surface area contributed by atoms with Gasteiger partial charge in [0.05, 0.1) is 0 Å². The van der Waals surface area contributed by atoms with Crippen LogP contribution >= 0.6 is 0 Å². The zero-order chi connectivity index (χ0) is 17.3. The fraction of sp³-hybridized carbons (Fsp3) is 0.111. The van der Waals surface area contributed by atoms with Crippen LogP contribution in [-0.2, 0) is 6.42 Å². The lowest BCUT2D eigenvalue weighted by Crippen LogP contribution is -2.19. The van der Waals surface area contributed by atoms with E-state index in [4.69, 9.17) is 9.15 Å². The summed E-state index contributed by atoms with van der Waals surface area (Å²) in [6, 6.07) is 8.99. The van der Waals surface area contributed by atoms with E-state index in [9.17, 15) is 18.4 Å². The number of hydrogen-bond donors (Lipinski definition) is 0. The Morgan fingerprint density at radius 3 is 2.67 bits per heavy atom. The average Bonchev–Trinajstić information content (AvgIpc) is 2.57. The molecule has 0 aliphatic carbocycles. The van der Waals surface area contributed by atoms with Gasteiger partial charge >= 0.3 is 11.6 Å². The fourth-order valence-corrected chi connectivity index (χ4v) is 2.25. The van der Waals surface area contributed by atoms with Crippen molar-refractivity contribution in [3.63, 3.8) is 0 Å². The smallest absolute Gasteiger partial charge is 0.351 e. The Morgan fingerprint density at radius 2 is 1.92 bits per heavy atom. The number of benzene rings is 2. The maximum absolute atomic E-state index is 13.6. The lowest BCUT2D eigenvalue weighted by molar-refractivity contribution is 0.0723. The van der Waals surface area contributed by atoms with Crippen LogP contribution in [-0.4, -0.2) is 5.97 Å². The number of rotatable bonds is 3. The molecule has 24 heavy (non-hydrogen) atoms. The van der Waals surface area contributed by atoms with E-state index in [1.807, 2.05) is 13.0 Å². The van der Waals surface area contributed by atoms with E-state index in [-0.39, 0.29) is 5.56 Å². The molecule has 0 unspecified atom stereocenters. The molecule has 0 saturated carbocycles. The molecule has 0 N–H and O–H groups in total. The molecule has 122 valence electrons. The number of esters is 1. The highest BCUT2D eigenvalue weighted by Gasteiger charge is 2.18. The van der Waals surface area contributed by atoms with Gasteiger partial charge in [-0.2, -0.15) is 0 Å². The van der Waals surface area contributed by atoms with Crippen molar-refractivity contribution in [1.82, 2.24) is 0 Å². The largest absolute Gasteiger partial charge is 0.422 e. The van der Waals surface area contributed by atoms with Gasteiger partial charge in [0, 0.05) is 11.5 Å². The van der Waals surface area contributed by atoms with Crippen LogP contribution in [0.4, 0.5) is 8.78 Å². The molecule has 2 aromatic carbocycles. The van der Waals surface area contributed by atoms with Gasteiger partial charge in [-0.05, 0) is 42.3 Å². The number of ether oxygens (including phenoxy) is 1. The average molecular weight is 330 g/mol. The van der Waals surface area contributed by atoms with Crippen LogP contribution in [0.3, 0.4) is 0 Å². The van der Waals surface area contributed by atoms with Crippen LogP contribution in [0, 0.1) is 11.6 Å². The summed E-state index contributed by atoms with van der Waals surface area (Å²) in [6.45, 7) is 1.96. The Labute approximate surface area is 135 Å². The maximum Gasteiger partial charge on any atom is 0.351 e. The second-order valence-corrected chi connectivity index (χ2v) is 5.14. The minimum Gasteiger partial charge on any atom is -0.422 e. The SMILES string of the molecule is CCc1ccc2oc(=O)c(C(=O)Oc3cc(F)ccc3F)cc2c1. The molecule has 0 amide bonds. The highest BCUT2D eigenvalue weighted by molar-refractivity contribution is 5.94. The van der Waals surface area contributed by atoms with Gasteiger partial charge < -0.3 is 9.15 Å². The van der Waals surface area contributed by atoms with Gasteiger partial charge in [0.1, 0.15) is 17.0 Å². The van der Waals surface area contributed by atoms with Gasteiger partial charge in [0.25, 0.3) is 0 Å². The summed E-state index contributed by atoms with van der Waals surface area (Å²) in [5.74, 6) is -3.39. The summed E-state index contributed by atoms with van der Waals surface area (Å²) < 4.78 is 36.6. The quantitative estimate of drug-likeness (QED) is 0.416. The molecule has 0 aliphatic rings. The molecule has 0 radical (unpaired) electrons. The second kappa shape index (κ2) is 6.23. The van der Waals surface area contributed by atoms with E-state index in [0.717, 1.165) is 30.2 Å². The first-order valence-electron chi connectivity index (χ1n) is 7.22.